The highest BCUT2D eigenvalue weighted by molar-refractivity contribution is 9.10. The topological polar surface area (TPSA) is 26.3 Å². The normalized spacial score (nSPS) is 14.2. The molecule has 1 rings (SSSR count). The highest BCUT2D eigenvalue weighted by Gasteiger charge is 2.19. The maximum Gasteiger partial charge on any atom is 0.144 e. The fourth-order valence-electron chi connectivity index (χ4n) is 1.56. The summed E-state index contributed by atoms with van der Waals surface area (Å²) in [4.78, 5) is 11.1. The smallest absolute Gasteiger partial charge is 0.144 e. The lowest BCUT2D eigenvalue weighted by Gasteiger charge is -2.16. The van der Waals surface area contributed by atoms with Crippen LogP contribution in [0.3, 0.4) is 0 Å². The van der Waals surface area contributed by atoms with Crippen molar-refractivity contribution in [1.82, 2.24) is 0 Å². The fraction of sp³-hybridized carbons (Fsp3) is 0.462. The first-order chi connectivity index (χ1) is 7.56. The molecule has 0 aliphatic carbocycles. The summed E-state index contributed by atoms with van der Waals surface area (Å²) in [6.07, 6.45) is 0. The fourth-order valence-corrected chi connectivity index (χ4v) is 1.86. The predicted molar refractivity (Wildman–Crippen MR) is 69.4 cm³/mol. The minimum Gasteiger partial charge on any atom is -0.494 e. The second kappa shape index (κ2) is 6.04. The number of carbonyl (C=O) groups is 1. The van der Waals surface area contributed by atoms with E-state index in [-0.39, 0.29) is 16.5 Å². The van der Waals surface area contributed by atoms with Crippen molar-refractivity contribution >= 4 is 21.7 Å². The average molecular weight is 285 g/mol. The molecular weight excluding hydrogens is 268 g/mol. The lowest BCUT2D eigenvalue weighted by Crippen LogP contribution is -2.17. The number of rotatable bonds is 5. The maximum absolute atomic E-state index is 11.3. The van der Waals surface area contributed by atoms with Crippen molar-refractivity contribution in [2.24, 2.45) is 0 Å². The number of hydrogen-bond acceptors (Lipinski definition) is 2. The molecule has 3 heteroatoms. The Kier molecular flexibility index (Phi) is 5.00. The van der Waals surface area contributed by atoms with E-state index in [0.29, 0.717) is 6.61 Å². The Morgan fingerprint density at radius 2 is 1.94 bits per heavy atom. The van der Waals surface area contributed by atoms with Crippen LogP contribution < -0.4 is 4.74 Å². The molecule has 0 saturated carbocycles. The Morgan fingerprint density at radius 1 is 1.38 bits per heavy atom. The largest absolute Gasteiger partial charge is 0.494 e. The number of ketones is 1. The lowest BCUT2D eigenvalue weighted by molar-refractivity contribution is -0.116. The molecule has 0 bridgehead atoms. The van der Waals surface area contributed by atoms with E-state index in [2.05, 4.69) is 15.9 Å². The van der Waals surface area contributed by atoms with Crippen molar-refractivity contribution in [2.75, 3.05) is 6.61 Å². The summed E-state index contributed by atoms with van der Waals surface area (Å²) in [5.74, 6) is 1.20. The number of carbonyl (C=O) groups excluding carboxylic acids is 1. The second-order valence-corrected chi connectivity index (χ2v) is 4.79. The number of alkyl halides is 1. The van der Waals surface area contributed by atoms with Gasteiger partial charge in [0.05, 0.1) is 11.4 Å². The van der Waals surface area contributed by atoms with Crippen molar-refractivity contribution in [2.45, 2.75) is 31.5 Å². The van der Waals surface area contributed by atoms with E-state index < -0.39 is 0 Å². The summed E-state index contributed by atoms with van der Waals surface area (Å²) in [5, 5.41) is 0. The van der Waals surface area contributed by atoms with Gasteiger partial charge in [-0.3, -0.25) is 4.79 Å². The molecule has 2 unspecified atom stereocenters. The standard InChI is InChI=1S/C13H17BrO2/c1-4-16-12-7-5-11(6-8-12)9(2)13(14)10(3)15/h5-9,13H,4H2,1-3H3. The first-order valence-electron chi connectivity index (χ1n) is 5.43. The van der Waals surface area contributed by atoms with Gasteiger partial charge in [0.2, 0.25) is 0 Å². The number of ether oxygens (including phenoxy) is 1. The van der Waals surface area contributed by atoms with E-state index in [1.54, 1.807) is 6.92 Å². The van der Waals surface area contributed by atoms with Gasteiger partial charge in [-0.25, -0.2) is 0 Å². The van der Waals surface area contributed by atoms with Crippen LogP contribution in [0.4, 0.5) is 0 Å². The first kappa shape index (κ1) is 13.2. The summed E-state index contributed by atoms with van der Waals surface area (Å²) in [5.41, 5.74) is 1.14. The molecule has 0 amide bonds. The number of halogens is 1. The van der Waals surface area contributed by atoms with Gasteiger partial charge in [0.1, 0.15) is 11.5 Å². The van der Waals surface area contributed by atoms with Gasteiger partial charge in [-0.05, 0) is 31.5 Å². The minimum atomic E-state index is -0.120. The van der Waals surface area contributed by atoms with Gasteiger partial charge >= 0.3 is 0 Å². The van der Waals surface area contributed by atoms with Crippen LogP contribution in [0.2, 0.25) is 0 Å². The van der Waals surface area contributed by atoms with E-state index >= 15 is 0 Å². The van der Waals surface area contributed by atoms with E-state index in [9.17, 15) is 4.79 Å². The third-order valence-electron chi connectivity index (χ3n) is 2.54. The highest BCUT2D eigenvalue weighted by atomic mass is 79.9. The molecule has 0 aliphatic heterocycles. The molecule has 0 N–H and O–H groups in total. The Bertz CT molecular complexity index is 345. The van der Waals surface area contributed by atoms with Gasteiger partial charge in [-0.2, -0.15) is 0 Å². The molecule has 88 valence electrons. The molecule has 1 aromatic rings. The minimum absolute atomic E-state index is 0.120. The summed E-state index contributed by atoms with van der Waals surface area (Å²) >= 11 is 3.41. The van der Waals surface area contributed by atoms with Gasteiger partial charge in [-0.1, -0.05) is 35.0 Å². The van der Waals surface area contributed by atoms with Crippen LogP contribution in [0.25, 0.3) is 0 Å². The van der Waals surface area contributed by atoms with Crippen LogP contribution in [0.15, 0.2) is 24.3 Å². The quantitative estimate of drug-likeness (QED) is 0.773. The van der Waals surface area contributed by atoms with E-state index in [1.807, 2.05) is 38.1 Å². The third kappa shape index (κ3) is 3.34. The Morgan fingerprint density at radius 3 is 2.38 bits per heavy atom. The Hall–Kier alpha value is -0.830. The third-order valence-corrected chi connectivity index (χ3v) is 3.98. The summed E-state index contributed by atoms with van der Waals surface area (Å²) in [6, 6.07) is 7.89. The van der Waals surface area contributed by atoms with Gasteiger partial charge < -0.3 is 4.74 Å². The van der Waals surface area contributed by atoms with Crippen LogP contribution >= 0.6 is 15.9 Å². The average Bonchev–Trinajstić information content (AvgIpc) is 2.28. The first-order valence-corrected chi connectivity index (χ1v) is 6.35. The van der Waals surface area contributed by atoms with Crippen LogP contribution in [0, 0.1) is 0 Å². The lowest BCUT2D eigenvalue weighted by atomic mass is 9.96. The molecular formula is C13H17BrO2. The predicted octanol–water partition coefficient (Wildman–Crippen LogP) is 3.54. The van der Waals surface area contributed by atoms with Gasteiger partial charge in [-0.15, -0.1) is 0 Å². The van der Waals surface area contributed by atoms with Crippen molar-refractivity contribution in [3.05, 3.63) is 29.8 Å². The molecule has 0 spiro atoms. The molecule has 0 radical (unpaired) electrons. The van der Waals surface area contributed by atoms with Crippen LogP contribution in [0.1, 0.15) is 32.3 Å². The summed E-state index contributed by atoms with van der Waals surface area (Å²) in [6.45, 7) is 6.27. The molecule has 0 saturated heterocycles. The number of Topliss-reactive ketones (excluding diaryl/α,β-unsaturated/α-hetero) is 1. The Balaban J connectivity index is 2.77. The van der Waals surface area contributed by atoms with Crippen LogP contribution in [-0.2, 0) is 4.79 Å². The van der Waals surface area contributed by atoms with Crippen LogP contribution in [-0.4, -0.2) is 17.2 Å². The Labute approximate surface area is 105 Å². The maximum atomic E-state index is 11.3. The van der Waals surface area contributed by atoms with Crippen molar-refractivity contribution < 1.29 is 9.53 Å². The molecule has 1 aromatic carbocycles. The number of hydrogen-bond donors (Lipinski definition) is 0. The van der Waals surface area contributed by atoms with Crippen LogP contribution in [0.5, 0.6) is 5.75 Å². The summed E-state index contributed by atoms with van der Waals surface area (Å²) < 4.78 is 5.37. The van der Waals surface area contributed by atoms with E-state index in [1.165, 1.54) is 0 Å². The molecule has 2 nitrogen and oxygen atoms in total. The van der Waals surface area contributed by atoms with Crippen molar-refractivity contribution in [3.8, 4) is 5.75 Å². The SMILES string of the molecule is CCOc1ccc(C(C)C(Br)C(C)=O)cc1. The molecule has 0 fully saturated rings. The second-order valence-electron chi connectivity index (χ2n) is 3.80. The van der Waals surface area contributed by atoms with Crippen molar-refractivity contribution in [1.29, 1.82) is 0 Å². The molecule has 0 heterocycles. The zero-order valence-corrected chi connectivity index (χ0v) is 11.5. The zero-order chi connectivity index (χ0) is 12.1. The van der Waals surface area contributed by atoms with E-state index in [0.717, 1.165) is 11.3 Å². The zero-order valence-electron chi connectivity index (χ0n) is 9.87. The van der Waals surface area contributed by atoms with Gasteiger partial charge in [0.15, 0.2) is 0 Å². The number of benzene rings is 1. The molecule has 0 aliphatic rings. The van der Waals surface area contributed by atoms with Gasteiger partial charge in [0.25, 0.3) is 0 Å². The van der Waals surface area contributed by atoms with Gasteiger partial charge in [0, 0.05) is 5.92 Å². The monoisotopic (exact) mass is 284 g/mol. The van der Waals surface area contributed by atoms with Crippen molar-refractivity contribution in [3.63, 3.8) is 0 Å². The summed E-state index contributed by atoms with van der Waals surface area (Å²) in [7, 11) is 0. The highest BCUT2D eigenvalue weighted by Crippen LogP contribution is 2.26. The van der Waals surface area contributed by atoms with E-state index in [4.69, 9.17) is 4.74 Å². The molecule has 0 aromatic heterocycles. The molecule has 2 atom stereocenters. The molecule has 16 heavy (non-hydrogen) atoms.